The number of nitrogens with one attached hydrogen (secondary N) is 2. The van der Waals surface area contributed by atoms with Crippen LogP contribution in [-0.4, -0.2) is 48.6 Å². The molecule has 0 aliphatic rings. The van der Waals surface area contributed by atoms with Crippen LogP contribution in [0, 0.1) is 13.8 Å². The van der Waals surface area contributed by atoms with Crippen LogP contribution in [0.25, 0.3) is 0 Å². The Hall–Kier alpha value is -2.34. The number of benzene rings is 1. The van der Waals surface area contributed by atoms with Gasteiger partial charge in [-0.3, -0.25) is 9.67 Å². The lowest BCUT2D eigenvalue weighted by atomic mass is 10.1. The van der Waals surface area contributed by atoms with Gasteiger partial charge in [0.1, 0.15) is 0 Å². The van der Waals surface area contributed by atoms with E-state index in [0.29, 0.717) is 0 Å². The molecule has 0 fully saturated rings. The van der Waals surface area contributed by atoms with E-state index in [0.717, 1.165) is 57.1 Å². The Morgan fingerprint density at radius 1 is 1.17 bits per heavy atom. The van der Waals surface area contributed by atoms with Crippen molar-refractivity contribution in [1.29, 1.82) is 0 Å². The SMILES string of the molecule is CN=C(NCCCCOCCc1ccccc1)NC(C)Cc1c(C)nn(C)c1C. The molecular weight excluding hydrogens is 362 g/mol. The Morgan fingerprint density at radius 3 is 2.59 bits per heavy atom. The van der Waals surface area contributed by atoms with Gasteiger partial charge in [-0.15, -0.1) is 0 Å². The van der Waals surface area contributed by atoms with Gasteiger partial charge in [-0.1, -0.05) is 30.3 Å². The molecule has 2 N–H and O–H groups in total. The molecule has 0 aliphatic carbocycles. The average molecular weight is 400 g/mol. The summed E-state index contributed by atoms with van der Waals surface area (Å²) in [4.78, 5) is 4.34. The van der Waals surface area contributed by atoms with E-state index in [-0.39, 0.29) is 6.04 Å². The predicted molar refractivity (Wildman–Crippen MR) is 121 cm³/mol. The molecule has 1 aromatic heterocycles. The lowest BCUT2D eigenvalue weighted by Gasteiger charge is -2.18. The van der Waals surface area contributed by atoms with Crippen molar-refractivity contribution in [2.75, 3.05) is 26.8 Å². The van der Waals surface area contributed by atoms with Crippen LogP contribution in [0.3, 0.4) is 0 Å². The smallest absolute Gasteiger partial charge is 0.191 e. The molecule has 160 valence electrons. The minimum atomic E-state index is 0.282. The minimum Gasteiger partial charge on any atom is -0.381 e. The van der Waals surface area contributed by atoms with Gasteiger partial charge in [-0.05, 0) is 57.6 Å². The highest BCUT2D eigenvalue weighted by atomic mass is 16.5. The van der Waals surface area contributed by atoms with Crippen LogP contribution in [0.2, 0.25) is 0 Å². The Morgan fingerprint density at radius 2 is 1.93 bits per heavy atom. The van der Waals surface area contributed by atoms with Gasteiger partial charge in [-0.25, -0.2) is 0 Å². The fraction of sp³-hybridized carbons (Fsp3) is 0.565. The van der Waals surface area contributed by atoms with Crippen molar-refractivity contribution in [3.63, 3.8) is 0 Å². The van der Waals surface area contributed by atoms with Crippen LogP contribution < -0.4 is 10.6 Å². The van der Waals surface area contributed by atoms with Crippen molar-refractivity contribution < 1.29 is 4.74 Å². The summed E-state index contributed by atoms with van der Waals surface area (Å²) >= 11 is 0. The first-order chi connectivity index (χ1) is 14.0. The summed E-state index contributed by atoms with van der Waals surface area (Å²) in [7, 11) is 3.81. The van der Waals surface area contributed by atoms with Crippen molar-refractivity contribution in [2.45, 2.75) is 52.5 Å². The Balaban J connectivity index is 1.57. The van der Waals surface area contributed by atoms with E-state index in [1.165, 1.54) is 16.8 Å². The average Bonchev–Trinajstić information content (AvgIpc) is 2.95. The zero-order valence-corrected chi connectivity index (χ0v) is 18.7. The van der Waals surface area contributed by atoms with Gasteiger partial charge in [-0.2, -0.15) is 5.10 Å². The maximum Gasteiger partial charge on any atom is 0.191 e. The van der Waals surface area contributed by atoms with Crippen LogP contribution in [0.15, 0.2) is 35.3 Å². The summed E-state index contributed by atoms with van der Waals surface area (Å²) < 4.78 is 7.70. The zero-order valence-electron chi connectivity index (χ0n) is 18.7. The number of ether oxygens (including phenoxy) is 1. The minimum absolute atomic E-state index is 0.282. The van der Waals surface area contributed by atoms with E-state index in [2.05, 4.69) is 65.8 Å². The van der Waals surface area contributed by atoms with Crippen LogP contribution in [-0.2, 0) is 24.6 Å². The fourth-order valence-corrected chi connectivity index (χ4v) is 3.37. The number of aryl methyl sites for hydroxylation is 2. The molecule has 0 saturated carbocycles. The highest BCUT2D eigenvalue weighted by Gasteiger charge is 2.13. The highest BCUT2D eigenvalue weighted by molar-refractivity contribution is 5.79. The molecule has 1 unspecified atom stereocenters. The number of guanidine groups is 1. The van der Waals surface area contributed by atoms with Crippen molar-refractivity contribution in [2.24, 2.45) is 12.0 Å². The number of nitrogens with zero attached hydrogens (tertiary/aromatic N) is 3. The molecule has 1 aromatic carbocycles. The molecule has 1 heterocycles. The van der Waals surface area contributed by atoms with E-state index in [4.69, 9.17) is 4.74 Å². The predicted octanol–water partition coefficient (Wildman–Crippen LogP) is 3.17. The molecule has 0 aliphatic heterocycles. The number of aliphatic imine (C=N–C) groups is 1. The van der Waals surface area contributed by atoms with Crippen LogP contribution >= 0.6 is 0 Å². The van der Waals surface area contributed by atoms with Crippen molar-refractivity contribution >= 4 is 5.96 Å². The fourth-order valence-electron chi connectivity index (χ4n) is 3.37. The first-order valence-electron chi connectivity index (χ1n) is 10.6. The summed E-state index contributed by atoms with van der Waals surface area (Å²) in [6.45, 7) is 8.85. The topological polar surface area (TPSA) is 63.5 Å². The summed E-state index contributed by atoms with van der Waals surface area (Å²) in [5.41, 5.74) is 4.98. The molecule has 2 rings (SSSR count). The standard InChI is InChI=1S/C23H37N5O/c1-18(17-22-19(2)27-28(5)20(22)3)26-23(24-4)25-14-9-10-15-29-16-13-21-11-7-6-8-12-21/h6-8,11-12,18H,9-10,13-17H2,1-5H3,(H2,24,25,26). The molecule has 1 atom stereocenters. The summed E-state index contributed by atoms with van der Waals surface area (Å²) in [6, 6.07) is 10.8. The molecule has 6 heteroatoms. The quantitative estimate of drug-likeness (QED) is 0.346. The lowest BCUT2D eigenvalue weighted by Crippen LogP contribution is -2.43. The lowest BCUT2D eigenvalue weighted by molar-refractivity contribution is 0.133. The van der Waals surface area contributed by atoms with Crippen molar-refractivity contribution in [3.05, 3.63) is 52.8 Å². The third kappa shape index (κ3) is 7.89. The molecule has 0 bridgehead atoms. The molecule has 0 spiro atoms. The van der Waals surface area contributed by atoms with Gasteiger partial charge in [0, 0.05) is 39.0 Å². The van der Waals surface area contributed by atoms with E-state index in [9.17, 15) is 0 Å². The maximum absolute atomic E-state index is 5.74. The largest absolute Gasteiger partial charge is 0.381 e. The van der Waals surface area contributed by atoms with Crippen molar-refractivity contribution in [1.82, 2.24) is 20.4 Å². The third-order valence-corrected chi connectivity index (χ3v) is 5.16. The highest BCUT2D eigenvalue weighted by Crippen LogP contribution is 2.14. The van der Waals surface area contributed by atoms with E-state index < -0.39 is 0 Å². The monoisotopic (exact) mass is 399 g/mol. The van der Waals surface area contributed by atoms with Gasteiger partial charge in [0.15, 0.2) is 5.96 Å². The Kier molecular flexibility index (Phi) is 9.71. The van der Waals surface area contributed by atoms with E-state index in [1.807, 2.05) is 24.8 Å². The first-order valence-corrected chi connectivity index (χ1v) is 10.6. The summed E-state index contributed by atoms with van der Waals surface area (Å²) in [5.74, 6) is 0.849. The second-order valence-electron chi connectivity index (χ2n) is 7.58. The van der Waals surface area contributed by atoms with E-state index >= 15 is 0 Å². The molecule has 0 radical (unpaired) electrons. The van der Waals surface area contributed by atoms with Gasteiger partial charge in [0.25, 0.3) is 0 Å². The maximum atomic E-state index is 5.74. The molecular formula is C23H37N5O. The second-order valence-corrected chi connectivity index (χ2v) is 7.58. The Bertz CT molecular complexity index is 754. The number of hydrogen-bond acceptors (Lipinski definition) is 3. The third-order valence-electron chi connectivity index (χ3n) is 5.16. The summed E-state index contributed by atoms with van der Waals surface area (Å²) in [6.07, 6.45) is 4.01. The Labute approximate surface area is 175 Å². The summed E-state index contributed by atoms with van der Waals surface area (Å²) in [5, 5.41) is 11.4. The molecule has 6 nitrogen and oxygen atoms in total. The van der Waals surface area contributed by atoms with E-state index in [1.54, 1.807) is 0 Å². The molecule has 2 aromatic rings. The van der Waals surface area contributed by atoms with Crippen LogP contribution in [0.1, 0.15) is 42.3 Å². The van der Waals surface area contributed by atoms with Crippen LogP contribution in [0.5, 0.6) is 0 Å². The molecule has 29 heavy (non-hydrogen) atoms. The number of hydrogen-bond donors (Lipinski definition) is 2. The van der Waals surface area contributed by atoms with Gasteiger partial charge in [0.05, 0.1) is 12.3 Å². The van der Waals surface area contributed by atoms with Crippen LogP contribution in [0.4, 0.5) is 0 Å². The normalized spacial score (nSPS) is 12.8. The number of unbranched alkanes of at least 4 members (excludes halogenated alkanes) is 1. The molecule has 0 saturated heterocycles. The first kappa shape index (κ1) is 22.9. The second kappa shape index (κ2) is 12.3. The molecule has 0 amide bonds. The van der Waals surface area contributed by atoms with Gasteiger partial charge in [0.2, 0.25) is 0 Å². The van der Waals surface area contributed by atoms with Crippen molar-refractivity contribution in [3.8, 4) is 0 Å². The number of aromatic nitrogens is 2. The van der Waals surface area contributed by atoms with Gasteiger partial charge < -0.3 is 15.4 Å². The number of rotatable bonds is 11. The zero-order chi connectivity index (χ0) is 21.1. The van der Waals surface area contributed by atoms with Gasteiger partial charge >= 0.3 is 0 Å².